The van der Waals surface area contributed by atoms with Gasteiger partial charge < -0.3 is 25.2 Å². The molecule has 0 amide bonds. The quantitative estimate of drug-likeness (QED) is 0.203. The van der Waals surface area contributed by atoms with Crippen molar-refractivity contribution >= 4 is 17.5 Å². The van der Waals surface area contributed by atoms with Gasteiger partial charge in [-0.2, -0.15) is 10.1 Å². The molecule has 3 heterocycles. The van der Waals surface area contributed by atoms with Crippen LogP contribution in [0.4, 0.5) is 17.5 Å². The van der Waals surface area contributed by atoms with E-state index in [1.54, 1.807) is 30.6 Å². The number of ether oxygens (including phenoxy) is 1. The highest BCUT2D eigenvalue weighted by Crippen LogP contribution is 2.31. The fraction of sp³-hybridized carbons (Fsp3) is 0.435. The number of aryl methyl sites for hydroxylation is 1. The van der Waals surface area contributed by atoms with Crippen molar-refractivity contribution in [2.75, 3.05) is 43.4 Å². The minimum atomic E-state index is 0.273. The molecule has 0 aliphatic carbocycles. The monoisotopic (exact) mass is 453 g/mol. The summed E-state index contributed by atoms with van der Waals surface area (Å²) in [6, 6.07) is 8.94. The molecule has 3 aromatic rings. The summed E-state index contributed by atoms with van der Waals surface area (Å²) in [5, 5.41) is 19.9. The van der Waals surface area contributed by atoms with Crippen molar-refractivity contribution in [2.45, 2.75) is 32.2 Å². The van der Waals surface area contributed by atoms with Crippen LogP contribution in [0.3, 0.4) is 0 Å². The van der Waals surface area contributed by atoms with Crippen LogP contribution in [0.1, 0.15) is 25.7 Å². The first kappa shape index (κ1) is 22.8. The molecule has 0 saturated carbocycles. The SMILES string of the molecule is OOc1ccc(Nc2nccc(NCCCn3cccn3)n2)cc1OCCCN1CCCC1. The molecule has 10 nitrogen and oxygen atoms in total. The van der Waals surface area contributed by atoms with Crippen molar-refractivity contribution in [3.05, 3.63) is 48.9 Å². The molecule has 0 spiro atoms. The fourth-order valence-corrected chi connectivity index (χ4v) is 3.79. The van der Waals surface area contributed by atoms with Crippen molar-refractivity contribution in [1.29, 1.82) is 0 Å². The summed E-state index contributed by atoms with van der Waals surface area (Å²) < 4.78 is 7.78. The van der Waals surface area contributed by atoms with E-state index in [2.05, 4.69) is 35.5 Å². The smallest absolute Gasteiger partial charge is 0.229 e. The van der Waals surface area contributed by atoms with E-state index in [9.17, 15) is 5.26 Å². The van der Waals surface area contributed by atoms with Crippen LogP contribution in [0.25, 0.3) is 0 Å². The minimum absolute atomic E-state index is 0.273. The van der Waals surface area contributed by atoms with Gasteiger partial charge in [0.15, 0.2) is 5.75 Å². The molecule has 0 unspecified atom stereocenters. The topological polar surface area (TPSA) is 110 Å². The van der Waals surface area contributed by atoms with Crippen LogP contribution < -0.4 is 20.3 Å². The van der Waals surface area contributed by atoms with Gasteiger partial charge in [0.2, 0.25) is 11.7 Å². The van der Waals surface area contributed by atoms with Crippen molar-refractivity contribution in [3.8, 4) is 11.5 Å². The van der Waals surface area contributed by atoms with Gasteiger partial charge >= 0.3 is 0 Å². The maximum atomic E-state index is 9.18. The fourth-order valence-electron chi connectivity index (χ4n) is 3.79. The Kier molecular flexibility index (Phi) is 8.31. The number of hydrogen-bond acceptors (Lipinski definition) is 9. The van der Waals surface area contributed by atoms with Crippen molar-refractivity contribution < 1.29 is 14.9 Å². The number of likely N-dealkylation sites (tertiary alicyclic amines) is 1. The number of hydrogen-bond donors (Lipinski definition) is 3. The second-order valence-corrected chi connectivity index (χ2v) is 7.94. The lowest BCUT2D eigenvalue weighted by Gasteiger charge is -2.15. The zero-order chi connectivity index (χ0) is 22.7. The summed E-state index contributed by atoms with van der Waals surface area (Å²) in [5.41, 5.74) is 0.737. The predicted molar refractivity (Wildman–Crippen MR) is 126 cm³/mol. The second-order valence-electron chi connectivity index (χ2n) is 7.94. The minimum Gasteiger partial charge on any atom is -0.489 e. The summed E-state index contributed by atoms with van der Waals surface area (Å²) in [7, 11) is 0. The Hall–Kier alpha value is -3.37. The predicted octanol–water partition coefficient (Wildman–Crippen LogP) is 3.64. The summed E-state index contributed by atoms with van der Waals surface area (Å²) in [6.07, 6.45) is 9.83. The third kappa shape index (κ3) is 7.06. The molecule has 0 bridgehead atoms. The largest absolute Gasteiger partial charge is 0.489 e. The van der Waals surface area contributed by atoms with Crippen LogP contribution in [-0.2, 0) is 6.54 Å². The van der Waals surface area contributed by atoms with E-state index < -0.39 is 0 Å². The van der Waals surface area contributed by atoms with E-state index in [0.29, 0.717) is 18.3 Å². The zero-order valence-electron chi connectivity index (χ0n) is 18.7. The van der Waals surface area contributed by atoms with Gasteiger partial charge in [-0.15, -0.1) is 0 Å². The number of rotatable bonds is 13. The van der Waals surface area contributed by atoms with Crippen LogP contribution in [0.5, 0.6) is 11.5 Å². The molecule has 33 heavy (non-hydrogen) atoms. The number of anilines is 3. The Labute approximate surface area is 193 Å². The van der Waals surface area contributed by atoms with E-state index in [1.807, 2.05) is 23.0 Å². The average molecular weight is 454 g/mol. The van der Waals surface area contributed by atoms with Crippen LogP contribution >= 0.6 is 0 Å². The summed E-state index contributed by atoms with van der Waals surface area (Å²) in [4.78, 5) is 15.7. The van der Waals surface area contributed by atoms with E-state index >= 15 is 0 Å². The van der Waals surface area contributed by atoms with Gasteiger partial charge in [-0.25, -0.2) is 10.2 Å². The van der Waals surface area contributed by atoms with Gasteiger partial charge in [0, 0.05) is 50.0 Å². The number of nitrogens with one attached hydrogen (secondary N) is 2. The molecule has 1 aromatic carbocycles. The molecule has 1 aliphatic rings. The molecule has 1 aliphatic heterocycles. The van der Waals surface area contributed by atoms with Gasteiger partial charge in [0.05, 0.1) is 6.61 Å². The maximum absolute atomic E-state index is 9.18. The molecule has 3 N–H and O–H groups in total. The lowest BCUT2D eigenvalue weighted by molar-refractivity contribution is -0.139. The summed E-state index contributed by atoms with van der Waals surface area (Å²) in [5.74, 6) is 1.94. The first-order valence-corrected chi connectivity index (χ1v) is 11.4. The summed E-state index contributed by atoms with van der Waals surface area (Å²) >= 11 is 0. The van der Waals surface area contributed by atoms with E-state index in [4.69, 9.17) is 4.74 Å². The second kappa shape index (κ2) is 12.0. The van der Waals surface area contributed by atoms with E-state index in [-0.39, 0.29) is 5.75 Å². The molecule has 176 valence electrons. The highest BCUT2D eigenvalue weighted by Gasteiger charge is 2.12. The molecular weight excluding hydrogens is 422 g/mol. The van der Waals surface area contributed by atoms with E-state index in [1.165, 1.54) is 25.9 Å². The number of nitrogens with zero attached hydrogens (tertiary/aromatic N) is 5. The normalized spacial score (nSPS) is 13.7. The van der Waals surface area contributed by atoms with Gasteiger partial charge in [-0.1, -0.05) is 0 Å². The zero-order valence-corrected chi connectivity index (χ0v) is 18.7. The third-order valence-electron chi connectivity index (χ3n) is 5.46. The molecule has 10 heteroatoms. The lowest BCUT2D eigenvalue weighted by Crippen LogP contribution is -2.21. The molecule has 1 fully saturated rings. The molecule has 4 rings (SSSR count). The molecular formula is C23H31N7O3. The summed E-state index contributed by atoms with van der Waals surface area (Å²) in [6.45, 7) is 5.52. The number of aromatic nitrogens is 4. The first-order chi connectivity index (χ1) is 16.3. The molecule has 2 aromatic heterocycles. The Balaban J connectivity index is 1.28. The Morgan fingerprint density at radius 2 is 1.94 bits per heavy atom. The first-order valence-electron chi connectivity index (χ1n) is 11.4. The van der Waals surface area contributed by atoms with Gasteiger partial charge in [0.25, 0.3) is 0 Å². The standard InChI is InChI=1S/C23H31N7O3/c31-33-20-7-6-19(18-21(20)32-17-5-14-29-12-1-2-13-29)27-23-25-11-8-22(28-23)24-9-3-15-30-16-4-10-26-30/h4,6-8,10-11,16,18,31H,1-3,5,9,12-15,17H2,(H2,24,25,27,28). The highest BCUT2D eigenvalue weighted by atomic mass is 17.1. The Morgan fingerprint density at radius 3 is 2.76 bits per heavy atom. The van der Waals surface area contributed by atoms with Crippen molar-refractivity contribution in [3.63, 3.8) is 0 Å². The third-order valence-corrected chi connectivity index (χ3v) is 5.46. The highest BCUT2D eigenvalue weighted by molar-refractivity contribution is 5.60. The van der Waals surface area contributed by atoms with Crippen LogP contribution in [-0.4, -0.2) is 62.7 Å². The average Bonchev–Trinajstić information content (AvgIpc) is 3.55. The van der Waals surface area contributed by atoms with E-state index in [0.717, 1.165) is 44.0 Å². The van der Waals surface area contributed by atoms with Gasteiger partial charge in [-0.3, -0.25) is 4.68 Å². The molecule has 0 atom stereocenters. The number of benzene rings is 1. The lowest BCUT2D eigenvalue weighted by atomic mass is 10.2. The van der Waals surface area contributed by atoms with Gasteiger partial charge in [0.1, 0.15) is 5.82 Å². The van der Waals surface area contributed by atoms with Crippen molar-refractivity contribution in [1.82, 2.24) is 24.6 Å². The Bertz CT molecular complexity index is 978. The Morgan fingerprint density at radius 1 is 1.03 bits per heavy atom. The maximum Gasteiger partial charge on any atom is 0.229 e. The van der Waals surface area contributed by atoms with Crippen LogP contribution in [0, 0.1) is 0 Å². The van der Waals surface area contributed by atoms with Gasteiger partial charge in [-0.05, 0) is 63.0 Å². The van der Waals surface area contributed by atoms with Crippen LogP contribution in [0.15, 0.2) is 48.9 Å². The van der Waals surface area contributed by atoms with Crippen LogP contribution in [0.2, 0.25) is 0 Å². The van der Waals surface area contributed by atoms with Crippen molar-refractivity contribution in [2.24, 2.45) is 0 Å². The molecule has 0 radical (unpaired) electrons. The molecule has 1 saturated heterocycles.